The molecule has 1 aliphatic rings. The summed E-state index contributed by atoms with van der Waals surface area (Å²) in [6.45, 7) is 2.04. The van der Waals surface area contributed by atoms with E-state index in [2.05, 4.69) is 36.9 Å². The molecule has 6 nitrogen and oxygen atoms in total. The second-order valence-corrected chi connectivity index (χ2v) is 8.08. The molecule has 0 aliphatic carbocycles. The predicted molar refractivity (Wildman–Crippen MR) is 129 cm³/mol. The lowest BCUT2D eigenvalue weighted by Gasteiger charge is -2.29. The molecule has 0 amide bonds. The van der Waals surface area contributed by atoms with Gasteiger partial charge in [-0.1, -0.05) is 12.1 Å². The SMILES string of the molecule is COc1ccc(N2C(=S)N[C@@H](c3ccccn3)[C@@H]2c2cccn2-c2ccc(C)cn2)cc1. The van der Waals surface area contributed by atoms with Crippen molar-refractivity contribution in [2.45, 2.75) is 19.0 Å². The second-order valence-electron chi connectivity index (χ2n) is 7.69. The van der Waals surface area contributed by atoms with Gasteiger partial charge in [-0.25, -0.2) is 4.98 Å². The largest absolute Gasteiger partial charge is 0.497 e. The van der Waals surface area contributed by atoms with Crippen LogP contribution in [0.4, 0.5) is 5.69 Å². The quantitative estimate of drug-likeness (QED) is 0.451. The van der Waals surface area contributed by atoms with E-state index in [-0.39, 0.29) is 12.1 Å². The zero-order valence-corrected chi connectivity index (χ0v) is 18.7. The first kappa shape index (κ1) is 20.2. The van der Waals surface area contributed by atoms with E-state index in [1.165, 1.54) is 0 Å². The van der Waals surface area contributed by atoms with Crippen molar-refractivity contribution in [1.82, 2.24) is 19.9 Å². The maximum absolute atomic E-state index is 5.82. The minimum absolute atomic E-state index is 0.120. The molecule has 1 aromatic carbocycles. The maximum atomic E-state index is 5.82. The monoisotopic (exact) mass is 441 g/mol. The van der Waals surface area contributed by atoms with Crippen LogP contribution in [0.15, 0.2) is 85.3 Å². The first-order chi connectivity index (χ1) is 15.7. The van der Waals surface area contributed by atoms with Crippen molar-refractivity contribution in [1.29, 1.82) is 0 Å². The average molecular weight is 442 g/mol. The Kier molecular flexibility index (Phi) is 5.33. The third-order valence-electron chi connectivity index (χ3n) is 5.67. The number of hydrogen-bond donors (Lipinski definition) is 1. The highest BCUT2D eigenvalue weighted by Crippen LogP contribution is 2.42. The van der Waals surface area contributed by atoms with Gasteiger partial charge >= 0.3 is 0 Å². The number of aryl methyl sites for hydroxylation is 1. The summed E-state index contributed by atoms with van der Waals surface area (Å²) in [6.07, 6.45) is 5.73. The van der Waals surface area contributed by atoms with Crippen molar-refractivity contribution in [3.63, 3.8) is 0 Å². The van der Waals surface area contributed by atoms with Crippen molar-refractivity contribution in [2.75, 3.05) is 12.0 Å². The van der Waals surface area contributed by atoms with E-state index in [1.807, 2.05) is 80.1 Å². The van der Waals surface area contributed by atoms with Crippen LogP contribution in [0.3, 0.4) is 0 Å². The van der Waals surface area contributed by atoms with Crippen molar-refractivity contribution in [2.24, 2.45) is 0 Å². The molecule has 1 saturated heterocycles. The van der Waals surface area contributed by atoms with Gasteiger partial charge in [0, 0.05) is 30.0 Å². The standard InChI is InChI=1S/C25H23N5OS/c1-17-8-13-22(27-16-17)29-15-5-7-21(29)24-23(20-6-3-4-14-26-20)28-25(32)30(24)18-9-11-19(31-2)12-10-18/h3-16,23-24H,1-2H3,(H,28,32)/t23-,24-/m0/s1. The smallest absolute Gasteiger partial charge is 0.174 e. The number of thiocarbonyl (C=S) groups is 1. The van der Waals surface area contributed by atoms with E-state index in [4.69, 9.17) is 17.0 Å². The highest BCUT2D eigenvalue weighted by molar-refractivity contribution is 7.80. The average Bonchev–Trinajstić information content (AvgIpc) is 3.44. The number of rotatable bonds is 5. The number of benzene rings is 1. The molecular formula is C25H23N5OS. The summed E-state index contributed by atoms with van der Waals surface area (Å²) >= 11 is 5.82. The molecule has 1 fully saturated rings. The van der Waals surface area contributed by atoms with E-state index in [9.17, 15) is 0 Å². The van der Waals surface area contributed by atoms with Crippen LogP contribution in [0.5, 0.6) is 5.75 Å². The first-order valence-corrected chi connectivity index (χ1v) is 10.8. The molecular weight excluding hydrogens is 418 g/mol. The van der Waals surface area contributed by atoms with Crippen molar-refractivity contribution in [3.8, 4) is 11.6 Å². The third kappa shape index (κ3) is 3.61. The number of nitrogens with zero attached hydrogens (tertiary/aromatic N) is 4. The van der Waals surface area contributed by atoms with Crippen LogP contribution in [0.1, 0.15) is 29.0 Å². The zero-order valence-electron chi connectivity index (χ0n) is 17.8. The van der Waals surface area contributed by atoms with Gasteiger partial charge in [0.1, 0.15) is 17.6 Å². The van der Waals surface area contributed by atoms with Crippen LogP contribution in [0.25, 0.3) is 5.82 Å². The zero-order chi connectivity index (χ0) is 22.1. The molecule has 0 radical (unpaired) electrons. The normalized spacial score (nSPS) is 17.9. The lowest BCUT2D eigenvalue weighted by atomic mass is 10.0. The fourth-order valence-corrected chi connectivity index (χ4v) is 4.47. The van der Waals surface area contributed by atoms with E-state index in [0.717, 1.165) is 34.2 Å². The molecule has 3 aromatic heterocycles. The van der Waals surface area contributed by atoms with Crippen LogP contribution < -0.4 is 15.0 Å². The van der Waals surface area contributed by atoms with Crippen LogP contribution in [0, 0.1) is 6.92 Å². The molecule has 7 heteroatoms. The molecule has 0 bridgehead atoms. The predicted octanol–water partition coefficient (Wildman–Crippen LogP) is 4.76. The Hall–Kier alpha value is -3.71. The second kappa shape index (κ2) is 8.43. The van der Waals surface area contributed by atoms with E-state index in [0.29, 0.717) is 5.11 Å². The fourth-order valence-electron chi connectivity index (χ4n) is 4.12. The Balaban J connectivity index is 1.64. The molecule has 0 spiro atoms. The van der Waals surface area contributed by atoms with Crippen LogP contribution in [-0.2, 0) is 0 Å². The molecule has 160 valence electrons. The highest BCUT2D eigenvalue weighted by atomic mass is 32.1. The minimum Gasteiger partial charge on any atom is -0.497 e. The molecule has 0 saturated carbocycles. The lowest BCUT2D eigenvalue weighted by Crippen LogP contribution is -2.30. The van der Waals surface area contributed by atoms with Gasteiger partial charge in [0.25, 0.3) is 0 Å². The summed E-state index contributed by atoms with van der Waals surface area (Å²) in [6, 6.07) is 21.9. The van der Waals surface area contributed by atoms with Crippen molar-refractivity contribution >= 4 is 23.0 Å². The van der Waals surface area contributed by atoms with Crippen molar-refractivity contribution < 1.29 is 4.74 Å². The van der Waals surface area contributed by atoms with Crippen LogP contribution in [0.2, 0.25) is 0 Å². The van der Waals surface area contributed by atoms with Crippen molar-refractivity contribution in [3.05, 3.63) is 102 Å². The van der Waals surface area contributed by atoms with Gasteiger partial charge in [0.2, 0.25) is 0 Å². The van der Waals surface area contributed by atoms with E-state index in [1.54, 1.807) is 7.11 Å². The van der Waals surface area contributed by atoms with Gasteiger partial charge in [0.05, 0.1) is 18.8 Å². The number of pyridine rings is 2. The Morgan fingerprint density at radius 3 is 2.50 bits per heavy atom. The van der Waals surface area contributed by atoms with Gasteiger partial charge in [0.15, 0.2) is 5.11 Å². The van der Waals surface area contributed by atoms with E-state index >= 15 is 0 Å². The Morgan fingerprint density at radius 2 is 1.81 bits per heavy atom. The third-order valence-corrected chi connectivity index (χ3v) is 5.99. The summed E-state index contributed by atoms with van der Waals surface area (Å²) in [5.41, 5.74) is 4.11. The molecule has 32 heavy (non-hydrogen) atoms. The molecule has 4 aromatic rings. The fraction of sp³-hybridized carbons (Fsp3) is 0.160. The topological polar surface area (TPSA) is 55.2 Å². The number of nitrogens with one attached hydrogen (secondary N) is 1. The number of aromatic nitrogens is 3. The Labute approximate surface area is 192 Å². The van der Waals surface area contributed by atoms with Gasteiger partial charge in [-0.3, -0.25) is 4.98 Å². The number of hydrogen-bond acceptors (Lipinski definition) is 4. The maximum Gasteiger partial charge on any atom is 0.174 e. The highest BCUT2D eigenvalue weighted by Gasteiger charge is 2.42. The van der Waals surface area contributed by atoms with Gasteiger partial charge < -0.3 is 19.5 Å². The molecule has 4 heterocycles. The Morgan fingerprint density at radius 1 is 0.969 bits per heavy atom. The molecule has 2 atom stereocenters. The number of methoxy groups -OCH3 is 1. The summed E-state index contributed by atoms with van der Waals surface area (Å²) < 4.78 is 7.46. The Bertz CT molecular complexity index is 1220. The van der Waals surface area contributed by atoms with Gasteiger partial charge in [-0.05, 0) is 79.3 Å². The number of ether oxygens (including phenoxy) is 1. The van der Waals surface area contributed by atoms with Crippen LogP contribution in [-0.4, -0.2) is 26.8 Å². The molecule has 5 rings (SSSR count). The lowest BCUT2D eigenvalue weighted by molar-refractivity contribution is 0.415. The summed E-state index contributed by atoms with van der Waals surface area (Å²) in [4.78, 5) is 11.4. The summed E-state index contributed by atoms with van der Waals surface area (Å²) in [5, 5.41) is 4.16. The summed E-state index contributed by atoms with van der Waals surface area (Å²) in [5.74, 6) is 1.67. The van der Waals surface area contributed by atoms with Gasteiger partial charge in [-0.2, -0.15) is 0 Å². The number of anilines is 1. The van der Waals surface area contributed by atoms with Gasteiger partial charge in [-0.15, -0.1) is 0 Å². The minimum atomic E-state index is -0.121. The van der Waals surface area contributed by atoms with Crippen LogP contribution >= 0.6 is 12.2 Å². The first-order valence-electron chi connectivity index (χ1n) is 10.4. The molecule has 1 N–H and O–H groups in total. The molecule has 1 aliphatic heterocycles. The van der Waals surface area contributed by atoms with E-state index < -0.39 is 0 Å². The molecule has 0 unspecified atom stereocenters. The summed E-state index contributed by atoms with van der Waals surface area (Å²) in [7, 11) is 1.67.